The van der Waals surface area contributed by atoms with E-state index in [4.69, 9.17) is 5.84 Å². The third kappa shape index (κ3) is 2.39. The highest BCUT2D eigenvalue weighted by atomic mass is 15.4. The standard InChI is InChI=1S/C12H18N6/c1-3-6-18-11(8-15-17-18)12(16-13)10-4-5-14-7-9(10)2/h4-5,7-8,12,16H,3,6,13H2,1-2H3. The van der Waals surface area contributed by atoms with Crippen molar-refractivity contribution in [1.82, 2.24) is 25.4 Å². The molecule has 0 saturated heterocycles. The number of pyridine rings is 1. The zero-order valence-corrected chi connectivity index (χ0v) is 10.7. The average Bonchev–Trinajstić information content (AvgIpc) is 2.82. The second-order valence-electron chi connectivity index (χ2n) is 4.21. The normalized spacial score (nSPS) is 12.6. The number of nitrogens with one attached hydrogen (secondary N) is 1. The van der Waals surface area contributed by atoms with Gasteiger partial charge in [-0.2, -0.15) is 0 Å². The molecule has 0 aliphatic rings. The first-order chi connectivity index (χ1) is 8.77. The van der Waals surface area contributed by atoms with Crippen molar-refractivity contribution >= 4 is 0 Å². The molecule has 0 bridgehead atoms. The summed E-state index contributed by atoms with van der Waals surface area (Å²) in [7, 11) is 0. The van der Waals surface area contributed by atoms with Gasteiger partial charge < -0.3 is 0 Å². The van der Waals surface area contributed by atoms with Gasteiger partial charge in [-0.1, -0.05) is 12.1 Å². The van der Waals surface area contributed by atoms with Crippen LogP contribution in [-0.4, -0.2) is 20.0 Å². The molecule has 2 rings (SSSR count). The lowest BCUT2D eigenvalue weighted by molar-refractivity contribution is 0.511. The highest BCUT2D eigenvalue weighted by Gasteiger charge is 2.19. The van der Waals surface area contributed by atoms with E-state index in [0.29, 0.717) is 0 Å². The number of rotatable bonds is 5. The SMILES string of the molecule is CCCn1nncc1C(NN)c1ccncc1C. The summed E-state index contributed by atoms with van der Waals surface area (Å²) in [6.45, 7) is 4.95. The molecule has 2 heterocycles. The molecule has 1 atom stereocenters. The third-order valence-corrected chi connectivity index (χ3v) is 2.92. The van der Waals surface area contributed by atoms with Crippen LogP contribution in [0.1, 0.15) is 36.2 Å². The molecule has 1 unspecified atom stereocenters. The number of aromatic nitrogens is 4. The van der Waals surface area contributed by atoms with Crippen molar-refractivity contribution in [2.24, 2.45) is 5.84 Å². The summed E-state index contributed by atoms with van der Waals surface area (Å²) in [6.07, 6.45) is 6.34. The summed E-state index contributed by atoms with van der Waals surface area (Å²) in [5.41, 5.74) is 5.98. The fraction of sp³-hybridized carbons (Fsp3) is 0.417. The molecule has 6 heteroatoms. The minimum atomic E-state index is -0.116. The van der Waals surface area contributed by atoms with Crippen LogP contribution in [0.2, 0.25) is 0 Å². The van der Waals surface area contributed by atoms with Gasteiger partial charge in [0.1, 0.15) is 0 Å². The van der Waals surface area contributed by atoms with Crippen LogP contribution in [0, 0.1) is 6.92 Å². The van der Waals surface area contributed by atoms with Crippen LogP contribution in [0.4, 0.5) is 0 Å². The Morgan fingerprint density at radius 3 is 2.94 bits per heavy atom. The molecule has 2 aromatic rings. The van der Waals surface area contributed by atoms with Crippen LogP contribution in [0.3, 0.4) is 0 Å². The Bertz CT molecular complexity index is 507. The van der Waals surface area contributed by atoms with Gasteiger partial charge in [0.25, 0.3) is 0 Å². The average molecular weight is 246 g/mol. The first kappa shape index (κ1) is 12.7. The monoisotopic (exact) mass is 246 g/mol. The fourth-order valence-electron chi connectivity index (χ4n) is 2.02. The molecule has 2 aromatic heterocycles. The number of aryl methyl sites for hydroxylation is 2. The molecule has 0 fully saturated rings. The van der Waals surface area contributed by atoms with Crippen LogP contribution in [0.5, 0.6) is 0 Å². The number of hydrogen-bond donors (Lipinski definition) is 2. The maximum absolute atomic E-state index is 5.69. The van der Waals surface area contributed by atoms with Crippen molar-refractivity contribution in [1.29, 1.82) is 0 Å². The highest BCUT2D eigenvalue weighted by Crippen LogP contribution is 2.22. The van der Waals surface area contributed by atoms with E-state index in [0.717, 1.165) is 29.8 Å². The molecule has 0 aliphatic heterocycles. The smallest absolute Gasteiger partial charge is 0.0898 e. The summed E-state index contributed by atoms with van der Waals surface area (Å²) < 4.78 is 1.88. The Kier molecular flexibility index (Phi) is 4.01. The quantitative estimate of drug-likeness (QED) is 0.606. The van der Waals surface area contributed by atoms with E-state index in [1.165, 1.54) is 0 Å². The zero-order valence-electron chi connectivity index (χ0n) is 10.7. The maximum Gasteiger partial charge on any atom is 0.0898 e. The van der Waals surface area contributed by atoms with E-state index in [1.807, 2.05) is 23.9 Å². The Morgan fingerprint density at radius 1 is 1.44 bits per heavy atom. The largest absolute Gasteiger partial charge is 0.271 e. The number of nitrogens with zero attached hydrogens (tertiary/aromatic N) is 4. The second-order valence-corrected chi connectivity index (χ2v) is 4.21. The van der Waals surface area contributed by atoms with E-state index in [1.54, 1.807) is 12.4 Å². The van der Waals surface area contributed by atoms with Crippen molar-refractivity contribution in [2.45, 2.75) is 32.9 Å². The second kappa shape index (κ2) is 5.70. The van der Waals surface area contributed by atoms with Gasteiger partial charge in [-0.25, -0.2) is 10.1 Å². The Morgan fingerprint density at radius 2 is 2.28 bits per heavy atom. The Balaban J connectivity index is 2.39. The predicted octanol–water partition coefficient (Wildman–Crippen LogP) is 0.944. The van der Waals surface area contributed by atoms with E-state index in [-0.39, 0.29) is 6.04 Å². The van der Waals surface area contributed by atoms with Crippen molar-refractivity contribution in [3.8, 4) is 0 Å². The Labute approximate surface area is 106 Å². The first-order valence-electron chi connectivity index (χ1n) is 6.03. The summed E-state index contributed by atoms with van der Waals surface area (Å²) in [5, 5.41) is 8.05. The molecule has 0 aromatic carbocycles. The molecule has 0 spiro atoms. The van der Waals surface area contributed by atoms with Gasteiger partial charge in [0.05, 0.1) is 17.9 Å². The lowest BCUT2D eigenvalue weighted by Gasteiger charge is -2.18. The minimum Gasteiger partial charge on any atom is -0.271 e. The summed E-state index contributed by atoms with van der Waals surface area (Å²) >= 11 is 0. The molecular weight excluding hydrogens is 228 g/mol. The lowest BCUT2D eigenvalue weighted by Crippen LogP contribution is -2.31. The van der Waals surface area contributed by atoms with Gasteiger partial charge in [-0.15, -0.1) is 5.10 Å². The van der Waals surface area contributed by atoms with Crippen LogP contribution >= 0.6 is 0 Å². The molecule has 0 aliphatic carbocycles. The number of nitrogens with two attached hydrogens (primary N) is 1. The van der Waals surface area contributed by atoms with Gasteiger partial charge in [0.2, 0.25) is 0 Å². The lowest BCUT2D eigenvalue weighted by atomic mass is 10.0. The fourth-order valence-corrected chi connectivity index (χ4v) is 2.02. The van der Waals surface area contributed by atoms with Gasteiger partial charge in [0.15, 0.2) is 0 Å². The summed E-state index contributed by atoms with van der Waals surface area (Å²) in [4.78, 5) is 4.10. The van der Waals surface area contributed by atoms with E-state index in [2.05, 4.69) is 27.6 Å². The van der Waals surface area contributed by atoms with Crippen LogP contribution < -0.4 is 11.3 Å². The molecular formula is C12H18N6. The first-order valence-corrected chi connectivity index (χ1v) is 6.03. The molecule has 18 heavy (non-hydrogen) atoms. The highest BCUT2D eigenvalue weighted by molar-refractivity contribution is 5.31. The van der Waals surface area contributed by atoms with Crippen molar-refractivity contribution in [3.05, 3.63) is 41.5 Å². The summed E-state index contributed by atoms with van der Waals surface area (Å²) in [5.74, 6) is 5.69. The summed E-state index contributed by atoms with van der Waals surface area (Å²) in [6, 6.07) is 1.85. The minimum absolute atomic E-state index is 0.116. The molecule has 3 N–H and O–H groups in total. The van der Waals surface area contributed by atoms with Crippen molar-refractivity contribution in [3.63, 3.8) is 0 Å². The Hall–Kier alpha value is -1.79. The molecule has 0 amide bonds. The van der Waals surface area contributed by atoms with Gasteiger partial charge in [-0.05, 0) is 30.5 Å². The van der Waals surface area contributed by atoms with Crippen LogP contribution in [-0.2, 0) is 6.54 Å². The molecule has 0 saturated carbocycles. The predicted molar refractivity (Wildman–Crippen MR) is 68.5 cm³/mol. The van der Waals surface area contributed by atoms with Crippen molar-refractivity contribution < 1.29 is 0 Å². The molecule has 0 radical (unpaired) electrons. The van der Waals surface area contributed by atoms with Gasteiger partial charge in [0, 0.05) is 18.9 Å². The van der Waals surface area contributed by atoms with E-state index < -0.39 is 0 Å². The van der Waals surface area contributed by atoms with Crippen LogP contribution in [0.15, 0.2) is 24.7 Å². The number of hydrazine groups is 1. The van der Waals surface area contributed by atoms with Crippen molar-refractivity contribution in [2.75, 3.05) is 0 Å². The maximum atomic E-state index is 5.69. The topological polar surface area (TPSA) is 81.7 Å². The van der Waals surface area contributed by atoms with E-state index in [9.17, 15) is 0 Å². The van der Waals surface area contributed by atoms with Crippen LogP contribution in [0.25, 0.3) is 0 Å². The van der Waals surface area contributed by atoms with Gasteiger partial charge >= 0.3 is 0 Å². The zero-order chi connectivity index (χ0) is 13.0. The number of hydrogen-bond acceptors (Lipinski definition) is 5. The molecule has 96 valence electrons. The molecule has 6 nitrogen and oxygen atoms in total. The van der Waals surface area contributed by atoms with Gasteiger partial charge in [-0.3, -0.25) is 10.8 Å². The third-order valence-electron chi connectivity index (χ3n) is 2.92. The van der Waals surface area contributed by atoms with E-state index >= 15 is 0 Å².